The van der Waals surface area contributed by atoms with E-state index in [1.54, 1.807) is 30.0 Å². The largest absolute Gasteiger partial charge is 0.462 e. The van der Waals surface area contributed by atoms with Crippen molar-refractivity contribution in [3.8, 4) is 11.3 Å². The van der Waals surface area contributed by atoms with Crippen LogP contribution in [-0.2, 0) is 4.74 Å². The number of esters is 1. The summed E-state index contributed by atoms with van der Waals surface area (Å²) in [4.78, 5) is 30.5. The molecule has 0 bridgehead atoms. The zero-order valence-corrected chi connectivity index (χ0v) is 20.9. The smallest absolute Gasteiger partial charge is 0.351 e. The van der Waals surface area contributed by atoms with Crippen LogP contribution in [0.3, 0.4) is 0 Å². The molecule has 0 amide bonds. The maximum Gasteiger partial charge on any atom is 0.351 e. The minimum absolute atomic E-state index is 0.0824. The van der Waals surface area contributed by atoms with Gasteiger partial charge in [0, 0.05) is 26.3 Å². The van der Waals surface area contributed by atoms with E-state index in [0.717, 1.165) is 39.2 Å². The van der Waals surface area contributed by atoms with Crippen LogP contribution in [0.25, 0.3) is 33.1 Å². The molecule has 2 heterocycles. The standard InChI is InChI=1S/C29H22ClNO4S/c30-21-13-11-19(12-14-21)25-18-27(22-8-2-3-9-24(22)31-25)36-16-6-5-15-34-28(32)23-17-20-7-1-4-10-26(20)35-29(23)33/h1-4,7-14,17-18H,5-6,15-16H2. The highest BCUT2D eigenvalue weighted by Crippen LogP contribution is 2.32. The number of carbonyl (C=O) groups is 1. The van der Waals surface area contributed by atoms with E-state index in [4.69, 9.17) is 25.7 Å². The summed E-state index contributed by atoms with van der Waals surface area (Å²) < 4.78 is 10.6. The number of hydrogen-bond donors (Lipinski definition) is 0. The van der Waals surface area contributed by atoms with E-state index in [0.29, 0.717) is 22.4 Å². The van der Waals surface area contributed by atoms with E-state index in [-0.39, 0.29) is 12.2 Å². The quantitative estimate of drug-likeness (QED) is 0.0928. The Morgan fingerprint density at radius 1 is 0.944 bits per heavy atom. The number of para-hydroxylation sites is 2. The van der Waals surface area contributed by atoms with E-state index >= 15 is 0 Å². The Hall–Kier alpha value is -3.61. The maximum absolute atomic E-state index is 12.4. The molecule has 5 nitrogen and oxygen atoms in total. The first-order chi connectivity index (χ1) is 17.6. The summed E-state index contributed by atoms with van der Waals surface area (Å²) in [6.07, 6.45) is 1.53. The van der Waals surface area contributed by atoms with Crippen LogP contribution in [0.2, 0.25) is 5.02 Å². The first-order valence-electron chi connectivity index (χ1n) is 11.6. The van der Waals surface area contributed by atoms with Gasteiger partial charge in [0.25, 0.3) is 0 Å². The number of carbonyl (C=O) groups excluding carboxylic acids is 1. The third-order valence-corrected chi connectivity index (χ3v) is 7.10. The Balaban J connectivity index is 1.19. The van der Waals surface area contributed by atoms with Crippen molar-refractivity contribution in [2.45, 2.75) is 17.7 Å². The van der Waals surface area contributed by atoms with Gasteiger partial charge >= 0.3 is 11.6 Å². The molecule has 5 rings (SSSR count). The van der Waals surface area contributed by atoms with Crippen molar-refractivity contribution in [3.05, 3.63) is 106 Å². The van der Waals surface area contributed by atoms with Crippen molar-refractivity contribution in [2.24, 2.45) is 0 Å². The number of benzene rings is 3. The average molecular weight is 516 g/mol. The Labute approximate surface area is 217 Å². The van der Waals surface area contributed by atoms with Gasteiger partial charge in [0.1, 0.15) is 11.1 Å². The van der Waals surface area contributed by atoms with E-state index in [2.05, 4.69) is 12.1 Å². The van der Waals surface area contributed by atoms with Crippen molar-refractivity contribution in [1.82, 2.24) is 4.98 Å². The molecular formula is C29H22ClNO4S. The van der Waals surface area contributed by atoms with Crippen molar-refractivity contribution < 1.29 is 13.9 Å². The number of aromatic nitrogens is 1. The zero-order chi connectivity index (χ0) is 24.9. The molecule has 0 fully saturated rings. The van der Waals surface area contributed by atoms with Gasteiger partial charge in [-0.15, -0.1) is 11.8 Å². The molecule has 0 spiro atoms. The Morgan fingerprint density at radius 3 is 2.58 bits per heavy atom. The van der Waals surface area contributed by atoms with Gasteiger partial charge in [-0.25, -0.2) is 14.6 Å². The van der Waals surface area contributed by atoms with Gasteiger partial charge in [0.2, 0.25) is 0 Å². The van der Waals surface area contributed by atoms with Crippen LogP contribution in [0.1, 0.15) is 23.2 Å². The van der Waals surface area contributed by atoms with Crippen molar-refractivity contribution in [2.75, 3.05) is 12.4 Å². The van der Waals surface area contributed by atoms with Crippen LogP contribution in [0.5, 0.6) is 0 Å². The summed E-state index contributed by atoms with van der Waals surface area (Å²) >= 11 is 7.79. The second-order valence-electron chi connectivity index (χ2n) is 8.21. The molecule has 0 aliphatic carbocycles. The first-order valence-corrected chi connectivity index (χ1v) is 12.9. The zero-order valence-electron chi connectivity index (χ0n) is 19.3. The van der Waals surface area contributed by atoms with Gasteiger partial charge in [-0.3, -0.25) is 0 Å². The third-order valence-electron chi connectivity index (χ3n) is 5.71. The molecule has 2 aromatic heterocycles. The molecule has 0 atom stereocenters. The second kappa shape index (κ2) is 11.0. The number of rotatable bonds is 8. The molecule has 0 saturated carbocycles. The molecule has 7 heteroatoms. The highest BCUT2D eigenvalue weighted by atomic mass is 35.5. The number of ether oxygens (including phenoxy) is 1. The summed E-state index contributed by atoms with van der Waals surface area (Å²) in [6.45, 7) is 0.235. The Kier molecular flexibility index (Phi) is 7.35. The molecule has 0 unspecified atom stereocenters. The number of nitrogens with zero attached hydrogens (tertiary/aromatic N) is 1. The summed E-state index contributed by atoms with van der Waals surface area (Å²) in [7, 11) is 0. The molecule has 0 aliphatic heterocycles. The first kappa shape index (κ1) is 24.1. The van der Waals surface area contributed by atoms with Gasteiger partial charge in [-0.1, -0.05) is 60.1 Å². The van der Waals surface area contributed by atoms with E-state index in [9.17, 15) is 9.59 Å². The Morgan fingerprint density at radius 2 is 1.72 bits per heavy atom. The summed E-state index contributed by atoms with van der Waals surface area (Å²) in [6, 6.07) is 26.5. The lowest BCUT2D eigenvalue weighted by molar-refractivity contribution is 0.0495. The monoisotopic (exact) mass is 515 g/mol. The van der Waals surface area contributed by atoms with Crippen molar-refractivity contribution in [3.63, 3.8) is 0 Å². The van der Waals surface area contributed by atoms with Gasteiger partial charge < -0.3 is 9.15 Å². The lowest BCUT2D eigenvalue weighted by atomic mass is 10.1. The van der Waals surface area contributed by atoms with Gasteiger partial charge in [0.05, 0.1) is 17.8 Å². The number of thioether (sulfide) groups is 1. The van der Waals surface area contributed by atoms with Crippen molar-refractivity contribution in [1.29, 1.82) is 0 Å². The maximum atomic E-state index is 12.4. The predicted octanol–water partition coefficient (Wildman–Crippen LogP) is 7.39. The van der Waals surface area contributed by atoms with Crippen LogP contribution in [-0.4, -0.2) is 23.3 Å². The number of fused-ring (bicyclic) bond motifs is 2. The van der Waals surface area contributed by atoms with Crippen LogP contribution >= 0.6 is 23.4 Å². The molecule has 36 heavy (non-hydrogen) atoms. The van der Waals surface area contributed by atoms with E-state index in [1.165, 1.54) is 6.07 Å². The lowest BCUT2D eigenvalue weighted by Gasteiger charge is -2.10. The fraction of sp³-hybridized carbons (Fsp3) is 0.138. The average Bonchev–Trinajstić information content (AvgIpc) is 2.90. The highest BCUT2D eigenvalue weighted by molar-refractivity contribution is 7.99. The molecular weight excluding hydrogens is 494 g/mol. The van der Waals surface area contributed by atoms with Crippen LogP contribution in [0.15, 0.2) is 99.0 Å². The summed E-state index contributed by atoms with van der Waals surface area (Å²) in [5, 5.41) is 2.48. The number of halogens is 1. The molecule has 0 radical (unpaired) electrons. The van der Waals surface area contributed by atoms with Crippen LogP contribution < -0.4 is 5.63 Å². The van der Waals surface area contributed by atoms with E-state index < -0.39 is 11.6 Å². The third kappa shape index (κ3) is 5.45. The molecule has 180 valence electrons. The Bertz CT molecular complexity index is 1600. The number of pyridine rings is 1. The van der Waals surface area contributed by atoms with E-state index in [1.807, 2.05) is 48.5 Å². The topological polar surface area (TPSA) is 69.4 Å². The molecule has 3 aromatic carbocycles. The molecule has 0 saturated heterocycles. The molecule has 5 aromatic rings. The second-order valence-corrected chi connectivity index (χ2v) is 9.78. The minimum Gasteiger partial charge on any atom is -0.462 e. The minimum atomic E-state index is -0.685. The normalized spacial score (nSPS) is 11.1. The van der Waals surface area contributed by atoms with Gasteiger partial charge in [-0.2, -0.15) is 0 Å². The van der Waals surface area contributed by atoms with Crippen LogP contribution in [0.4, 0.5) is 0 Å². The molecule has 0 N–H and O–H groups in total. The van der Waals surface area contributed by atoms with Crippen LogP contribution in [0, 0.1) is 0 Å². The predicted molar refractivity (Wildman–Crippen MR) is 145 cm³/mol. The van der Waals surface area contributed by atoms with Gasteiger partial charge in [-0.05, 0) is 55.0 Å². The lowest BCUT2D eigenvalue weighted by Crippen LogP contribution is -2.17. The summed E-state index contributed by atoms with van der Waals surface area (Å²) in [5.41, 5.74) is 2.53. The van der Waals surface area contributed by atoms with Crippen molar-refractivity contribution >= 4 is 51.2 Å². The fourth-order valence-corrected chi connectivity index (χ4v) is 5.08. The number of unbranched alkanes of at least 4 members (excludes halogenated alkanes) is 1. The molecule has 0 aliphatic rings. The fourth-order valence-electron chi connectivity index (χ4n) is 3.86. The van der Waals surface area contributed by atoms with Gasteiger partial charge in [0.15, 0.2) is 0 Å². The summed E-state index contributed by atoms with van der Waals surface area (Å²) in [5.74, 6) is 0.193. The highest BCUT2D eigenvalue weighted by Gasteiger charge is 2.15. The SMILES string of the molecule is O=C(OCCCCSc1cc(-c2ccc(Cl)cc2)nc2ccccc12)c1cc2ccccc2oc1=O. The number of hydrogen-bond acceptors (Lipinski definition) is 6.